The zero-order valence-corrected chi connectivity index (χ0v) is 11.2. The number of benzene rings is 1. The first kappa shape index (κ1) is 13.2. The number of nitrogen functional groups attached to an aromatic ring is 1. The highest BCUT2D eigenvalue weighted by atomic mass is 35.5. The van der Waals surface area contributed by atoms with Crippen molar-refractivity contribution >= 4 is 23.2 Å². The monoisotopic (exact) mass is 266 g/mol. The molecule has 1 aliphatic heterocycles. The maximum atomic E-state index is 12.0. The van der Waals surface area contributed by atoms with Crippen LogP contribution in [0, 0.1) is 0 Å². The lowest BCUT2D eigenvalue weighted by Gasteiger charge is -2.26. The summed E-state index contributed by atoms with van der Waals surface area (Å²) < 4.78 is 0. The average Bonchev–Trinajstić information content (AvgIpc) is 2.41. The molecule has 2 rings (SSSR count). The van der Waals surface area contributed by atoms with Gasteiger partial charge in [0.25, 0.3) is 0 Å². The van der Waals surface area contributed by atoms with E-state index in [1.165, 1.54) is 6.42 Å². The Balaban J connectivity index is 1.86. The number of likely N-dealkylation sites (tertiary alicyclic amines) is 1. The van der Waals surface area contributed by atoms with E-state index < -0.39 is 0 Å². The molecule has 4 heteroatoms. The minimum absolute atomic E-state index is 0.253. The molecule has 98 valence electrons. The topological polar surface area (TPSA) is 46.3 Å². The molecule has 1 amide bonds. The van der Waals surface area contributed by atoms with Crippen LogP contribution in [-0.4, -0.2) is 23.9 Å². The Labute approximate surface area is 113 Å². The fourth-order valence-electron chi connectivity index (χ4n) is 2.30. The summed E-state index contributed by atoms with van der Waals surface area (Å²) in [4.78, 5) is 14.0. The van der Waals surface area contributed by atoms with Gasteiger partial charge < -0.3 is 10.6 Å². The summed E-state index contributed by atoms with van der Waals surface area (Å²) in [5, 5.41) is 0.570. The molecule has 1 aromatic rings. The van der Waals surface area contributed by atoms with Crippen molar-refractivity contribution in [2.75, 3.05) is 18.8 Å². The number of hydrogen-bond donors (Lipinski definition) is 1. The number of amides is 1. The smallest absolute Gasteiger partial charge is 0.222 e. The van der Waals surface area contributed by atoms with Crippen molar-refractivity contribution < 1.29 is 4.79 Å². The lowest BCUT2D eigenvalue weighted by molar-refractivity contribution is -0.132. The van der Waals surface area contributed by atoms with Crippen LogP contribution in [0.15, 0.2) is 18.2 Å². The lowest BCUT2D eigenvalue weighted by atomic mass is 10.1. The fourth-order valence-corrected chi connectivity index (χ4v) is 2.42. The van der Waals surface area contributed by atoms with E-state index in [1.54, 1.807) is 6.07 Å². The molecule has 0 bridgehead atoms. The van der Waals surface area contributed by atoms with Crippen LogP contribution in [0.3, 0.4) is 0 Å². The molecule has 0 aliphatic carbocycles. The van der Waals surface area contributed by atoms with Crippen molar-refractivity contribution in [1.29, 1.82) is 0 Å². The third-order valence-electron chi connectivity index (χ3n) is 3.40. The lowest BCUT2D eigenvalue weighted by Crippen LogP contribution is -2.35. The molecule has 1 aliphatic rings. The molecule has 1 heterocycles. The van der Waals surface area contributed by atoms with Crippen LogP contribution >= 0.6 is 11.6 Å². The molecule has 3 nitrogen and oxygen atoms in total. The van der Waals surface area contributed by atoms with Crippen LogP contribution in [0.5, 0.6) is 0 Å². The van der Waals surface area contributed by atoms with Crippen LogP contribution in [-0.2, 0) is 11.2 Å². The fraction of sp³-hybridized carbons (Fsp3) is 0.500. The predicted octanol–water partition coefficient (Wildman–Crippen LogP) is 2.87. The highest BCUT2D eigenvalue weighted by Crippen LogP contribution is 2.20. The van der Waals surface area contributed by atoms with Crippen LogP contribution < -0.4 is 5.73 Å². The summed E-state index contributed by atoms with van der Waals surface area (Å²) in [5.41, 5.74) is 7.40. The Bertz CT molecular complexity index is 428. The van der Waals surface area contributed by atoms with Crippen LogP contribution in [0.2, 0.25) is 5.02 Å². The van der Waals surface area contributed by atoms with Gasteiger partial charge in [-0.2, -0.15) is 0 Å². The number of hydrogen-bond acceptors (Lipinski definition) is 2. The van der Waals surface area contributed by atoms with E-state index in [-0.39, 0.29) is 5.91 Å². The Morgan fingerprint density at radius 3 is 2.67 bits per heavy atom. The first-order chi connectivity index (χ1) is 8.66. The van der Waals surface area contributed by atoms with Gasteiger partial charge in [-0.3, -0.25) is 4.79 Å². The van der Waals surface area contributed by atoms with Gasteiger partial charge in [-0.25, -0.2) is 0 Å². The van der Waals surface area contributed by atoms with Crippen molar-refractivity contribution in [3.8, 4) is 0 Å². The summed E-state index contributed by atoms with van der Waals surface area (Å²) in [5.74, 6) is 0.253. The molecule has 1 aromatic carbocycles. The minimum Gasteiger partial charge on any atom is -0.398 e. The van der Waals surface area contributed by atoms with E-state index in [9.17, 15) is 4.79 Å². The summed E-state index contributed by atoms with van der Waals surface area (Å²) in [6.07, 6.45) is 4.81. The summed E-state index contributed by atoms with van der Waals surface area (Å²) in [7, 11) is 0. The molecular weight excluding hydrogens is 248 g/mol. The summed E-state index contributed by atoms with van der Waals surface area (Å²) >= 11 is 5.86. The van der Waals surface area contributed by atoms with Gasteiger partial charge in [0, 0.05) is 19.5 Å². The Morgan fingerprint density at radius 1 is 1.28 bits per heavy atom. The van der Waals surface area contributed by atoms with E-state index in [2.05, 4.69) is 0 Å². The number of aryl methyl sites for hydroxylation is 1. The highest BCUT2D eigenvalue weighted by Gasteiger charge is 2.15. The van der Waals surface area contributed by atoms with Crippen LogP contribution in [0.1, 0.15) is 31.2 Å². The van der Waals surface area contributed by atoms with Gasteiger partial charge in [-0.05, 0) is 43.4 Å². The summed E-state index contributed by atoms with van der Waals surface area (Å²) in [6.45, 7) is 1.84. The van der Waals surface area contributed by atoms with Gasteiger partial charge in [0.2, 0.25) is 5.91 Å². The maximum Gasteiger partial charge on any atom is 0.222 e. The van der Waals surface area contributed by atoms with E-state index in [1.807, 2.05) is 17.0 Å². The van der Waals surface area contributed by atoms with E-state index in [4.69, 9.17) is 17.3 Å². The van der Waals surface area contributed by atoms with Gasteiger partial charge in [0.05, 0.1) is 10.7 Å². The second-order valence-electron chi connectivity index (χ2n) is 4.80. The first-order valence-electron chi connectivity index (χ1n) is 6.48. The van der Waals surface area contributed by atoms with Crippen molar-refractivity contribution in [2.45, 2.75) is 32.1 Å². The zero-order valence-electron chi connectivity index (χ0n) is 10.5. The molecule has 0 saturated carbocycles. The van der Waals surface area contributed by atoms with Crippen molar-refractivity contribution in [1.82, 2.24) is 4.90 Å². The third-order valence-corrected chi connectivity index (χ3v) is 3.74. The number of anilines is 1. The predicted molar refractivity (Wildman–Crippen MR) is 74.6 cm³/mol. The number of rotatable bonds is 3. The maximum absolute atomic E-state index is 12.0. The largest absolute Gasteiger partial charge is 0.398 e. The Morgan fingerprint density at radius 2 is 2.00 bits per heavy atom. The molecule has 0 aromatic heterocycles. The molecule has 0 spiro atoms. The second kappa shape index (κ2) is 6.10. The molecule has 1 fully saturated rings. The van der Waals surface area contributed by atoms with Gasteiger partial charge in [-0.15, -0.1) is 0 Å². The van der Waals surface area contributed by atoms with Crippen LogP contribution in [0.4, 0.5) is 5.69 Å². The highest BCUT2D eigenvalue weighted by molar-refractivity contribution is 6.33. The van der Waals surface area contributed by atoms with Gasteiger partial charge in [-0.1, -0.05) is 17.7 Å². The Kier molecular flexibility index (Phi) is 4.48. The number of nitrogens with zero attached hydrogens (tertiary/aromatic N) is 1. The first-order valence-corrected chi connectivity index (χ1v) is 6.86. The average molecular weight is 267 g/mol. The molecule has 1 saturated heterocycles. The number of halogens is 1. The van der Waals surface area contributed by atoms with Gasteiger partial charge in [0.1, 0.15) is 0 Å². The summed E-state index contributed by atoms with van der Waals surface area (Å²) in [6, 6.07) is 5.57. The quantitative estimate of drug-likeness (QED) is 0.855. The second-order valence-corrected chi connectivity index (χ2v) is 5.20. The normalized spacial score (nSPS) is 15.7. The molecular formula is C14H19ClN2O. The van der Waals surface area contributed by atoms with E-state index in [0.29, 0.717) is 17.1 Å². The van der Waals surface area contributed by atoms with Gasteiger partial charge in [0.15, 0.2) is 0 Å². The minimum atomic E-state index is 0.253. The molecule has 0 radical (unpaired) electrons. The standard InChI is InChI=1S/C14H19ClN2O/c15-12-6-4-11(10-13(12)16)5-7-14(18)17-8-2-1-3-9-17/h4,6,10H,1-3,5,7-9,16H2. The van der Waals surface area contributed by atoms with Crippen molar-refractivity contribution in [3.05, 3.63) is 28.8 Å². The SMILES string of the molecule is Nc1cc(CCC(=O)N2CCCCC2)ccc1Cl. The number of piperidine rings is 1. The number of carbonyl (C=O) groups is 1. The number of nitrogens with two attached hydrogens (primary N) is 1. The number of carbonyl (C=O) groups excluding carboxylic acids is 1. The molecule has 0 atom stereocenters. The van der Waals surface area contributed by atoms with E-state index >= 15 is 0 Å². The van der Waals surface area contributed by atoms with E-state index in [0.717, 1.165) is 37.9 Å². The van der Waals surface area contributed by atoms with Gasteiger partial charge >= 0.3 is 0 Å². The van der Waals surface area contributed by atoms with Crippen molar-refractivity contribution in [2.24, 2.45) is 0 Å². The zero-order chi connectivity index (χ0) is 13.0. The Hall–Kier alpha value is -1.22. The van der Waals surface area contributed by atoms with Crippen LogP contribution in [0.25, 0.3) is 0 Å². The van der Waals surface area contributed by atoms with Crippen molar-refractivity contribution in [3.63, 3.8) is 0 Å². The molecule has 2 N–H and O–H groups in total. The third kappa shape index (κ3) is 3.39. The molecule has 18 heavy (non-hydrogen) atoms. The molecule has 0 unspecified atom stereocenters.